The van der Waals surface area contributed by atoms with Crippen molar-refractivity contribution in [2.24, 2.45) is 0 Å². The molecule has 0 fully saturated rings. The molecule has 1 N–H and O–H groups in total. The molecule has 0 aliphatic heterocycles. The van der Waals surface area contributed by atoms with Crippen molar-refractivity contribution in [1.82, 2.24) is 9.97 Å². The summed E-state index contributed by atoms with van der Waals surface area (Å²) in [7, 11) is 0. The van der Waals surface area contributed by atoms with Gasteiger partial charge >= 0.3 is 0 Å². The van der Waals surface area contributed by atoms with Gasteiger partial charge in [0, 0.05) is 22.7 Å². The number of aromatic nitrogens is 2. The van der Waals surface area contributed by atoms with Crippen LogP contribution in [0.2, 0.25) is 5.02 Å². The molecule has 0 saturated heterocycles. The maximum absolute atomic E-state index is 6.52. The van der Waals surface area contributed by atoms with Crippen LogP contribution in [0.3, 0.4) is 0 Å². The molecule has 0 radical (unpaired) electrons. The van der Waals surface area contributed by atoms with Crippen LogP contribution in [0.15, 0.2) is 77.5 Å². The van der Waals surface area contributed by atoms with Gasteiger partial charge in [-0.1, -0.05) is 54.1 Å². The summed E-state index contributed by atoms with van der Waals surface area (Å²) in [5, 5.41) is 4.04. The van der Waals surface area contributed by atoms with E-state index < -0.39 is 0 Å². The molecule has 5 rings (SSSR count). The Labute approximate surface area is 168 Å². The minimum absolute atomic E-state index is 0.197. The zero-order valence-electron chi connectivity index (χ0n) is 15.1. The number of hydrogen-bond donors (Lipinski definition) is 1. The molecule has 2 aromatic carbocycles. The molecule has 1 aliphatic rings. The molecule has 0 amide bonds. The minimum atomic E-state index is 0.197. The van der Waals surface area contributed by atoms with E-state index in [-0.39, 0.29) is 5.92 Å². The van der Waals surface area contributed by atoms with E-state index in [0.29, 0.717) is 12.5 Å². The van der Waals surface area contributed by atoms with Gasteiger partial charge in [-0.15, -0.1) is 0 Å². The van der Waals surface area contributed by atoms with Crippen molar-refractivity contribution >= 4 is 17.5 Å². The highest BCUT2D eigenvalue weighted by Crippen LogP contribution is 2.43. The molecule has 2 aromatic heterocycles. The van der Waals surface area contributed by atoms with E-state index >= 15 is 0 Å². The molecule has 1 aliphatic carbocycles. The number of fused-ring (bicyclic) bond motifs is 3. The van der Waals surface area contributed by atoms with Crippen LogP contribution in [0.25, 0.3) is 11.3 Å². The van der Waals surface area contributed by atoms with Gasteiger partial charge in [0.05, 0.1) is 18.5 Å². The van der Waals surface area contributed by atoms with Gasteiger partial charge in [0.1, 0.15) is 5.76 Å². The van der Waals surface area contributed by atoms with Crippen LogP contribution >= 0.6 is 11.6 Å². The fraction of sp³-hybridized carbons (Fsp3) is 0.130. The molecule has 0 saturated carbocycles. The van der Waals surface area contributed by atoms with E-state index in [4.69, 9.17) is 21.0 Å². The second-order valence-electron chi connectivity index (χ2n) is 6.87. The van der Waals surface area contributed by atoms with Gasteiger partial charge in [-0.2, -0.15) is 0 Å². The summed E-state index contributed by atoms with van der Waals surface area (Å²) in [5.41, 5.74) is 5.64. The summed E-state index contributed by atoms with van der Waals surface area (Å²) < 4.78 is 5.37. The number of furan rings is 1. The van der Waals surface area contributed by atoms with Gasteiger partial charge < -0.3 is 9.73 Å². The summed E-state index contributed by atoms with van der Waals surface area (Å²) in [6.45, 7) is 0.551. The highest BCUT2D eigenvalue weighted by Gasteiger charge is 2.28. The third-order valence-electron chi connectivity index (χ3n) is 5.16. The molecule has 0 bridgehead atoms. The number of benzene rings is 2. The molecule has 4 aromatic rings. The molecular formula is C23H18ClN3O. The third kappa shape index (κ3) is 3.06. The Hall–Kier alpha value is -3.11. The highest BCUT2D eigenvalue weighted by atomic mass is 35.5. The lowest BCUT2D eigenvalue weighted by atomic mass is 9.78. The maximum Gasteiger partial charge on any atom is 0.223 e. The first-order valence-electron chi connectivity index (χ1n) is 9.25. The second-order valence-corrected chi connectivity index (χ2v) is 7.27. The van der Waals surface area contributed by atoms with Gasteiger partial charge in [0.15, 0.2) is 0 Å². The van der Waals surface area contributed by atoms with Crippen molar-refractivity contribution in [3.05, 3.63) is 101 Å². The predicted molar refractivity (Wildman–Crippen MR) is 111 cm³/mol. The van der Waals surface area contributed by atoms with Gasteiger partial charge in [-0.25, -0.2) is 9.97 Å². The fourth-order valence-electron chi connectivity index (χ4n) is 3.84. The molecule has 28 heavy (non-hydrogen) atoms. The quantitative estimate of drug-likeness (QED) is 0.488. The average Bonchev–Trinajstić information content (AvgIpc) is 3.26. The SMILES string of the molecule is Clc1ccccc1C1Cc2cnc(NCc3ccco3)nc2-c2ccccc21. The van der Waals surface area contributed by atoms with E-state index in [2.05, 4.69) is 40.6 Å². The smallest absolute Gasteiger partial charge is 0.223 e. The summed E-state index contributed by atoms with van der Waals surface area (Å²) in [6, 6.07) is 20.3. The monoisotopic (exact) mass is 387 g/mol. The largest absolute Gasteiger partial charge is 0.467 e. The van der Waals surface area contributed by atoms with Crippen molar-refractivity contribution in [1.29, 1.82) is 0 Å². The second kappa shape index (κ2) is 7.13. The summed E-state index contributed by atoms with van der Waals surface area (Å²) in [4.78, 5) is 9.33. The first kappa shape index (κ1) is 17.0. The Bertz CT molecular complexity index is 1120. The number of rotatable bonds is 4. The van der Waals surface area contributed by atoms with Crippen LogP contribution in [0.1, 0.15) is 28.4 Å². The van der Waals surface area contributed by atoms with Gasteiger partial charge in [0.25, 0.3) is 0 Å². The van der Waals surface area contributed by atoms with Crippen LogP contribution in [0.5, 0.6) is 0 Å². The number of nitrogens with one attached hydrogen (secondary N) is 1. The number of halogens is 1. The Morgan fingerprint density at radius 3 is 2.64 bits per heavy atom. The van der Waals surface area contributed by atoms with Gasteiger partial charge in [-0.3, -0.25) is 0 Å². The minimum Gasteiger partial charge on any atom is -0.467 e. The molecule has 1 unspecified atom stereocenters. The van der Waals surface area contributed by atoms with E-state index in [1.165, 1.54) is 5.56 Å². The summed E-state index contributed by atoms with van der Waals surface area (Å²) >= 11 is 6.52. The predicted octanol–water partition coefficient (Wildman–Crippen LogP) is 5.69. The highest BCUT2D eigenvalue weighted by molar-refractivity contribution is 6.31. The lowest BCUT2D eigenvalue weighted by Gasteiger charge is -2.28. The molecule has 0 spiro atoms. The average molecular weight is 388 g/mol. The molecule has 1 atom stereocenters. The Morgan fingerprint density at radius 2 is 1.82 bits per heavy atom. The Balaban J connectivity index is 1.53. The van der Waals surface area contributed by atoms with E-state index in [1.54, 1.807) is 6.26 Å². The van der Waals surface area contributed by atoms with Crippen molar-refractivity contribution < 1.29 is 4.42 Å². The van der Waals surface area contributed by atoms with E-state index in [0.717, 1.165) is 39.6 Å². The normalized spacial score (nSPS) is 15.0. The van der Waals surface area contributed by atoms with Crippen molar-refractivity contribution in [3.8, 4) is 11.3 Å². The first-order valence-corrected chi connectivity index (χ1v) is 9.63. The Morgan fingerprint density at radius 1 is 1.00 bits per heavy atom. The maximum atomic E-state index is 6.52. The zero-order valence-corrected chi connectivity index (χ0v) is 15.9. The topological polar surface area (TPSA) is 51.0 Å². The van der Waals surface area contributed by atoms with E-state index in [9.17, 15) is 0 Å². The van der Waals surface area contributed by atoms with Gasteiger partial charge in [0.2, 0.25) is 5.95 Å². The molecular weight excluding hydrogens is 370 g/mol. The van der Waals surface area contributed by atoms with Crippen molar-refractivity contribution in [2.75, 3.05) is 5.32 Å². The van der Waals surface area contributed by atoms with Crippen LogP contribution in [0, 0.1) is 0 Å². The Kier molecular flexibility index (Phi) is 4.34. The molecule has 4 nitrogen and oxygen atoms in total. The van der Waals surface area contributed by atoms with Crippen LogP contribution in [0.4, 0.5) is 5.95 Å². The lowest BCUT2D eigenvalue weighted by molar-refractivity contribution is 0.517. The molecule has 5 heteroatoms. The van der Waals surface area contributed by atoms with Crippen LogP contribution in [-0.4, -0.2) is 9.97 Å². The lowest BCUT2D eigenvalue weighted by Crippen LogP contribution is -2.15. The number of anilines is 1. The molecule has 138 valence electrons. The summed E-state index contributed by atoms with van der Waals surface area (Å²) in [5.74, 6) is 1.64. The van der Waals surface area contributed by atoms with Crippen molar-refractivity contribution in [2.45, 2.75) is 18.9 Å². The van der Waals surface area contributed by atoms with E-state index in [1.807, 2.05) is 36.5 Å². The standard InChI is InChI=1S/C23H18ClN3O/c24-21-10-4-3-8-18(21)20-12-15-13-25-23(26-14-16-6-5-11-28-16)27-22(15)19-9-2-1-7-17(19)20/h1-11,13,20H,12,14H2,(H,25,26,27). The molecule has 2 heterocycles. The first-order chi connectivity index (χ1) is 13.8. The number of nitrogens with zero attached hydrogens (tertiary/aromatic N) is 2. The van der Waals surface area contributed by atoms with Gasteiger partial charge in [-0.05, 0) is 41.3 Å². The fourth-order valence-corrected chi connectivity index (χ4v) is 4.10. The summed E-state index contributed by atoms with van der Waals surface area (Å²) in [6.07, 6.45) is 4.41. The van der Waals surface area contributed by atoms with Crippen molar-refractivity contribution in [3.63, 3.8) is 0 Å². The van der Waals surface area contributed by atoms with Crippen LogP contribution in [-0.2, 0) is 13.0 Å². The van der Waals surface area contributed by atoms with Crippen LogP contribution < -0.4 is 5.32 Å². The third-order valence-corrected chi connectivity index (χ3v) is 5.51. The number of hydrogen-bond acceptors (Lipinski definition) is 4. The zero-order chi connectivity index (χ0) is 18.9.